The summed E-state index contributed by atoms with van der Waals surface area (Å²) < 4.78 is 0. The molecule has 0 saturated heterocycles. The van der Waals surface area contributed by atoms with Crippen LogP contribution in [-0.4, -0.2) is 11.4 Å². The van der Waals surface area contributed by atoms with Gasteiger partial charge in [0.1, 0.15) is 0 Å². The van der Waals surface area contributed by atoms with Gasteiger partial charge in [-0.2, -0.15) is 5.26 Å². The molecule has 1 unspecified atom stereocenters. The summed E-state index contributed by atoms with van der Waals surface area (Å²) in [6, 6.07) is 23.4. The van der Waals surface area contributed by atoms with Gasteiger partial charge >= 0.3 is 0 Å². The summed E-state index contributed by atoms with van der Waals surface area (Å²) in [7, 11) is 0. The lowest BCUT2D eigenvalue weighted by atomic mass is 9.96. The van der Waals surface area contributed by atoms with Gasteiger partial charge < -0.3 is 0 Å². The van der Waals surface area contributed by atoms with Gasteiger partial charge in [-0.05, 0) is 17.0 Å². The molecule has 2 aromatic carbocycles. The Morgan fingerprint density at radius 2 is 1.32 bits per heavy atom. The lowest BCUT2D eigenvalue weighted by molar-refractivity contribution is 0.213. The third-order valence-electron chi connectivity index (χ3n) is 3.92. The largest absolute Gasteiger partial charge is 0.294 e. The molecule has 1 atom stereocenters. The highest BCUT2D eigenvalue weighted by Gasteiger charge is 2.17. The summed E-state index contributed by atoms with van der Waals surface area (Å²) in [4.78, 5) is 2.37. The number of nitrogens with zero attached hydrogens (tertiary/aromatic N) is 2. The van der Waals surface area contributed by atoms with Gasteiger partial charge in [0.05, 0.1) is 12.0 Å². The minimum absolute atomic E-state index is 0.0624. The van der Waals surface area contributed by atoms with E-state index in [2.05, 4.69) is 73.3 Å². The molecule has 0 aliphatic rings. The second-order valence-corrected chi connectivity index (χ2v) is 6.12. The SMILES string of the molecule is CC(C)C(C#N)CN(Cc1ccccc1)Cc1ccccc1. The predicted octanol–water partition coefficient (Wildman–Crippen LogP) is 4.48. The lowest BCUT2D eigenvalue weighted by Gasteiger charge is -2.26. The molecule has 22 heavy (non-hydrogen) atoms. The molecule has 0 aliphatic heterocycles. The van der Waals surface area contributed by atoms with Crippen LogP contribution >= 0.6 is 0 Å². The van der Waals surface area contributed by atoms with Crippen LogP contribution in [0.3, 0.4) is 0 Å². The average molecular weight is 292 g/mol. The highest BCUT2D eigenvalue weighted by molar-refractivity contribution is 5.17. The number of hydrogen-bond acceptors (Lipinski definition) is 2. The highest BCUT2D eigenvalue weighted by Crippen LogP contribution is 2.16. The van der Waals surface area contributed by atoms with E-state index in [1.807, 2.05) is 12.1 Å². The zero-order valence-corrected chi connectivity index (χ0v) is 13.4. The van der Waals surface area contributed by atoms with Crippen molar-refractivity contribution in [3.8, 4) is 6.07 Å². The first-order valence-corrected chi connectivity index (χ1v) is 7.89. The van der Waals surface area contributed by atoms with Gasteiger partial charge in [0.2, 0.25) is 0 Å². The summed E-state index contributed by atoms with van der Waals surface area (Å²) in [5.74, 6) is 0.437. The van der Waals surface area contributed by atoms with Crippen LogP contribution in [0.25, 0.3) is 0 Å². The summed E-state index contributed by atoms with van der Waals surface area (Å²) in [5, 5.41) is 9.40. The van der Waals surface area contributed by atoms with Crippen LogP contribution in [0.1, 0.15) is 25.0 Å². The third-order valence-corrected chi connectivity index (χ3v) is 3.92. The maximum atomic E-state index is 9.40. The summed E-state index contributed by atoms with van der Waals surface area (Å²) in [5.41, 5.74) is 2.58. The molecule has 114 valence electrons. The summed E-state index contributed by atoms with van der Waals surface area (Å²) >= 11 is 0. The fraction of sp³-hybridized carbons (Fsp3) is 0.350. The standard InChI is InChI=1S/C20H24N2/c1-17(2)20(13-21)16-22(14-18-9-5-3-6-10-18)15-19-11-7-4-8-12-19/h3-12,17,20H,14-16H2,1-2H3. The number of benzene rings is 2. The van der Waals surface area contributed by atoms with Gasteiger partial charge in [-0.15, -0.1) is 0 Å². The second-order valence-electron chi connectivity index (χ2n) is 6.12. The normalized spacial score (nSPS) is 12.3. The Kier molecular flexibility index (Phi) is 6.18. The Bertz CT molecular complexity index is 543. The lowest BCUT2D eigenvalue weighted by Crippen LogP contribution is -2.30. The monoisotopic (exact) mass is 292 g/mol. The Morgan fingerprint density at radius 1 is 0.864 bits per heavy atom. The van der Waals surface area contributed by atoms with Gasteiger partial charge in [-0.25, -0.2) is 0 Å². The van der Waals surface area contributed by atoms with Gasteiger partial charge in [0.15, 0.2) is 0 Å². The zero-order valence-electron chi connectivity index (χ0n) is 13.4. The minimum atomic E-state index is 0.0624. The van der Waals surface area contributed by atoms with E-state index in [9.17, 15) is 5.26 Å². The molecule has 2 aromatic rings. The van der Waals surface area contributed by atoms with Gasteiger partial charge in [-0.3, -0.25) is 4.90 Å². The molecule has 2 rings (SSSR count). The predicted molar refractivity (Wildman–Crippen MR) is 90.9 cm³/mol. The quantitative estimate of drug-likeness (QED) is 0.752. The van der Waals surface area contributed by atoms with Crippen molar-refractivity contribution in [2.24, 2.45) is 11.8 Å². The number of rotatable bonds is 7. The molecular formula is C20H24N2. The van der Waals surface area contributed by atoms with Crippen LogP contribution in [0.2, 0.25) is 0 Å². The fourth-order valence-corrected chi connectivity index (χ4v) is 2.55. The molecule has 0 bridgehead atoms. The van der Waals surface area contributed by atoms with Crippen LogP contribution in [-0.2, 0) is 13.1 Å². The van der Waals surface area contributed by atoms with Crippen LogP contribution in [0, 0.1) is 23.2 Å². The van der Waals surface area contributed by atoms with Crippen molar-refractivity contribution in [1.82, 2.24) is 4.90 Å². The first kappa shape index (κ1) is 16.3. The molecule has 0 amide bonds. The van der Waals surface area contributed by atoms with Crippen molar-refractivity contribution in [2.45, 2.75) is 26.9 Å². The van der Waals surface area contributed by atoms with Crippen LogP contribution in [0.4, 0.5) is 0 Å². The van der Waals surface area contributed by atoms with E-state index in [-0.39, 0.29) is 5.92 Å². The zero-order chi connectivity index (χ0) is 15.8. The molecule has 0 aromatic heterocycles. The van der Waals surface area contributed by atoms with E-state index >= 15 is 0 Å². The first-order chi connectivity index (χ1) is 10.7. The van der Waals surface area contributed by atoms with Crippen molar-refractivity contribution >= 4 is 0 Å². The smallest absolute Gasteiger partial charge is 0.0672 e. The van der Waals surface area contributed by atoms with E-state index < -0.39 is 0 Å². The highest BCUT2D eigenvalue weighted by atomic mass is 15.1. The molecule has 0 saturated carbocycles. The van der Waals surface area contributed by atoms with Crippen LogP contribution in [0.5, 0.6) is 0 Å². The molecule has 2 heteroatoms. The van der Waals surface area contributed by atoms with E-state index in [0.29, 0.717) is 5.92 Å². The molecule has 0 N–H and O–H groups in total. The van der Waals surface area contributed by atoms with Crippen molar-refractivity contribution in [3.05, 3.63) is 71.8 Å². The molecule has 0 heterocycles. The summed E-state index contributed by atoms with van der Waals surface area (Å²) in [6.07, 6.45) is 0. The molecule has 0 radical (unpaired) electrons. The van der Waals surface area contributed by atoms with Gasteiger partial charge in [0, 0.05) is 19.6 Å². The summed E-state index contributed by atoms with van der Waals surface area (Å²) in [6.45, 7) is 6.80. The molecule has 0 aliphatic carbocycles. The van der Waals surface area contributed by atoms with E-state index in [0.717, 1.165) is 19.6 Å². The van der Waals surface area contributed by atoms with E-state index in [1.54, 1.807) is 0 Å². The Labute approximate surface area is 134 Å². The Balaban J connectivity index is 2.11. The maximum Gasteiger partial charge on any atom is 0.0672 e. The first-order valence-electron chi connectivity index (χ1n) is 7.89. The maximum absolute atomic E-state index is 9.40. The van der Waals surface area contributed by atoms with E-state index in [4.69, 9.17) is 0 Å². The number of nitriles is 1. The second kappa shape index (κ2) is 8.36. The Morgan fingerprint density at radius 3 is 1.68 bits per heavy atom. The van der Waals surface area contributed by atoms with Gasteiger partial charge in [0.25, 0.3) is 0 Å². The molecule has 0 spiro atoms. The van der Waals surface area contributed by atoms with Gasteiger partial charge in [-0.1, -0.05) is 74.5 Å². The minimum Gasteiger partial charge on any atom is -0.294 e. The average Bonchev–Trinajstić information content (AvgIpc) is 2.54. The Hall–Kier alpha value is -2.11. The van der Waals surface area contributed by atoms with E-state index in [1.165, 1.54) is 11.1 Å². The van der Waals surface area contributed by atoms with Crippen molar-refractivity contribution in [2.75, 3.05) is 6.54 Å². The molecular weight excluding hydrogens is 268 g/mol. The number of hydrogen-bond donors (Lipinski definition) is 0. The van der Waals surface area contributed by atoms with Crippen molar-refractivity contribution in [3.63, 3.8) is 0 Å². The van der Waals surface area contributed by atoms with Crippen molar-refractivity contribution < 1.29 is 0 Å². The molecule has 0 fully saturated rings. The fourth-order valence-electron chi connectivity index (χ4n) is 2.55. The van der Waals surface area contributed by atoms with Crippen LogP contribution < -0.4 is 0 Å². The third kappa shape index (κ3) is 5.02. The van der Waals surface area contributed by atoms with Crippen molar-refractivity contribution in [1.29, 1.82) is 5.26 Å². The topological polar surface area (TPSA) is 27.0 Å². The molecule has 2 nitrogen and oxygen atoms in total. The van der Waals surface area contributed by atoms with Crippen LogP contribution in [0.15, 0.2) is 60.7 Å².